The molecule has 1 fully saturated rings. The first kappa shape index (κ1) is 22.5. The first-order valence-electron chi connectivity index (χ1n) is 10.9. The van der Waals surface area contributed by atoms with Gasteiger partial charge in [0.2, 0.25) is 15.9 Å². The van der Waals surface area contributed by atoms with Crippen molar-refractivity contribution < 1.29 is 13.2 Å². The number of aromatic nitrogens is 2. The number of carbonyl (C=O) groups is 1. The van der Waals surface area contributed by atoms with Crippen LogP contribution in [0.4, 0.5) is 5.82 Å². The van der Waals surface area contributed by atoms with Gasteiger partial charge in [-0.1, -0.05) is 30.3 Å². The van der Waals surface area contributed by atoms with Gasteiger partial charge in [-0.25, -0.2) is 13.1 Å². The zero-order valence-corrected chi connectivity index (χ0v) is 19.8. The van der Waals surface area contributed by atoms with Gasteiger partial charge in [-0.2, -0.15) is 9.40 Å². The molecule has 0 spiro atoms. The molecule has 1 aromatic heterocycles. The number of sulfonamides is 1. The fraction of sp³-hybridized carbons (Fsp3) is 0.417. The van der Waals surface area contributed by atoms with Gasteiger partial charge in [0.15, 0.2) is 0 Å². The quantitative estimate of drug-likeness (QED) is 0.642. The zero-order chi connectivity index (χ0) is 23.1. The Balaban J connectivity index is 1.44. The molecule has 3 aromatic rings. The van der Waals surface area contributed by atoms with E-state index in [1.165, 1.54) is 4.31 Å². The largest absolute Gasteiger partial charge is 0.311 e. The summed E-state index contributed by atoms with van der Waals surface area (Å²) in [7, 11) is -3.60. The summed E-state index contributed by atoms with van der Waals surface area (Å²) >= 11 is 0. The van der Waals surface area contributed by atoms with Gasteiger partial charge < -0.3 is 5.32 Å². The molecule has 0 radical (unpaired) electrons. The fourth-order valence-electron chi connectivity index (χ4n) is 4.16. The van der Waals surface area contributed by atoms with Crippen LogP contribution in [-0.4, -0.2) is 41.5 Å². The Morgan fingerprint density at radius 2 is 1.69 bits per heavy atom. The highest BCUT2D eigenvalue weighted by Gasteiger charge is 2.33. The third-order valence-electron chi connectivity index (χ3n) is 5.90. The van der Waals surface area contributed by atoms with Crippen LogP contribution < -0.4 is 5.32 Å². The summed E-state index contributed by atoms with van der Waals surface area (Å²) in [5.74, 6) is 0.353. The molecule has 4 rings (SSSR count). The smallest absolute Gasteiger partial charge is 0.243 e. The molecule has 0 atom stereocenters. The van der Waals surface area contributed by atoms with Gasteiger partial charge in [0.05, 0.1) is 16.1 Å². The van der Waals surface area contributed by atoms with Crippen LogP contribution in [-0.2, 0) is 20.4 Å². The van der Waals surface area contributed by atoms with Crippen molar-refractivity contribution in [3.05, 3.63) is 54.2 Å². The molecule has 1 amide bonds. The molecule has 1 saturated heterocycles. The minimum absolute atomic E-state index is 0.0850. The molecule has 1 aliphatic heterocycles. The highest BCUT2D eigenvalue weighted by molar-refractivity contribution is 7.89. The Morgan fingerprint density at radius 1 is 1.03 bits per heavy atom. The predicted molar refractivity (Wildman–Crippen MR) is 126 cm³/mol. The van der Waals surface area contributed by atoms with Gasteiger partial charge in [0, 0.05) is 25.1 Å². The summed E-state index contributed by atoms with van der Waals surface area (Å²) in [4.78, 5) is 13.2. The minimum atomic E-state index is -3.60. The summed E-state index contributed by atoms with van der Waals surface area (Å²) in [6.45, 7) is 8.64. The number of hydrogen-bond donors (Lipinski definition) is 1. The second kappa shape index (κ2) is 8.33. The number of nitrogens with zero attached hydrogens (tertiary/aromatic N) is 3. The molecule has 0 unspecified atom stereocenters. The normalized spacial score (nSPS) is 16.4. The van der Waals surface area contributed by atoms with E-state index < -0.39 is 10.0 Å². The van der Waals surface area contributed by atoms with E-state index in [0.717, 1.165) is 16.5 Å². The molecular formula is C24H30N4O3S. The van der Waals surface area contributed by atoms with E-state index >= 15 is 0 Å². The van der Waals surface area contributed by atoms with Gasteiger partial charge in [0.1, 0.15) is 5.82 Å². The van der Waals surface area contributed by atoms with Gasteiger partial charge >= 0.3 is 0 Å². The molecule has 0 saturated carbocycles. The molecule has 7 nitrogen and oxygen atoms in total. The Bertz CT molecular complexity index is 1250. The average Bonchev–Trinajstić information content (AvgIpc) is 3.14. The highest BCUT2D eigenvalue weighted by atomic mass is 32.2. The number of fused-ring (bicyclic) bond motifs is 1. The van der Waals surface area contributed by atoms with Crippen molar-refractivity contribution >= 4 is 32.5 Å². The molecule has 2 aromatic carbocycles. The number of amides is 1. The monoisotopic (exact) mass is 454 g/mol. The first-order valence-corrected chi connectivity index (χ1v) is 12.4. The molecule has 1 aliphatic rings. The van der Waals surface area contributed by atoms with Crippen LogP contribution in [0.25, 0.3) is 10.8 Å². The SMILES string of the molecule is Cc1cc(NC(=O)C2CCN(S(=O)(=O)c3ccc4ccccc4c3)CC2)n(C(C)(C)C)n1. The first-order chi connectivity index (χ1) is 15.1. The third-order valence-corrected chi connectivity index (χ3v) is 7.80. The topological polar surface area (TPSA) is 84.3 Å². The molecule has 32 heavy (non-hydrogen) atoms. The van der Waals surface area contributed by atoms with Crippen molar-refractivity contribution in [1.82, 2.24) is 14.1 Å². The van der Waals surface area contributed by atoms with Gasteiger partial charge in [-0.3, -0.25) is 4.79 Å². The Morgan fingerprint density at radius 3 is 2.34 bits per heavy atom. The Labute approximate surface area is 189 Å². The maximum absolute atomic E-state index is 13.2. The van der Waals surface area contributed by atoms with E-state index in [4.69, 9.17) is 0 Å². The van der Waals surface area contributed by atoms with E-state index in [2.05, 4.69) is 10.4 Å². The Kier molecular flexibility index (Phi) is 5.85. The van der Waals surface area contributed by atoms with Crippen LogP contribution in [0, 0.1) is 12.8 Å². The molecule has 2 heterocycles. The molecule has 1 N–H and O–H groups in total. The molecule has 170 valence electrons. The lowest BCUT2D eigenvalue weighted by Gasteiger charge is -2.31. The lowest BCUT2D eigenvalue weighted by atomic mass is 9.97. The number of rotatable bonds is 4. The van der Waals surface area contributed by atoms with Crippen LogP contribution in [0.2, 0.25) is 0 Å². The average molecular weight is 455 g/mol. The van der Waals surface area contributed by atoms with Crippen molar-refractivity contribution in [1.29, 1.82) is 0 Å². The molecule has 0 bridgehead atoms. The van der Waals surface area contributed by atoms with Gasteiger partial charge in [-0.15, -0.1) is 0 Å². The minimum Gasteiger partial charge on any atom is -0.311 e. The Hall–Kier alpha value is -2.71. The summed E-state index contributed by atoms with van der Waals surface area (Å²) in [6, 6.07) is 14.8. The molecular weight excluding hydrogens is 424 g/mol. The maximum Gasteiger partial charge on any atom is 0.243 e. The van der Waals surface area contributed by atoms with Crippen molar-refractivity contribution in [3.63, 3.8) is 0 Å². The maximum atomic E-state index is 13.2. The number of aryl methyl sites for hydroxylation is 1. The van der Waals surface area contributed by atoms with Crippen LogP contribution in [0.5, 0.6) is 0 Å². The molecule has 8 heteroatoms. The van der Waals surface area contributed by atoms with E-state index in [9.17, 15) is 13.2 Å². The lowest BCUT2D eigenvalue weighted by molar-refractivity contribution is -0.121. The number of piperidine rings is 1. The predicted octanol–water partition coefficient (Wildman–Crippen LogP) is 4.14. The van der Waals surface area contributed by atoms with E-state index in [0.29, 0.717) is 36.6 Å². The number of benzene rings is 2. The summed E-state index contributed by atoms with van der Waals surface area (Å²) < 4.78 is 29.6. The molecule has 0 aliphatic carbocycles. The second-order valence-electron chi connectivity index (χ2n) is 9.43. The van der Waals surface area contributed by atoms with Gasteiger partial charge in [0.25, 0.3) is 0 Å². The standard InChI is InChI=1S/C24H30N4O3S/c1-17-15-22(28(26-17)24(2,3)4)25-23(29)19-11-13-27(14-12-19)32(30,31)21-10-9-18-7-5-6-8-20(18)16-21/h5-10,15-16,19H,11-14H2,1-4H3,(H,25,29). The zero-order valence-electron chi connectivity index (χ0n) is 19.0. The van der Waals surface area contributed by atoms with E-state index in [1.54, 1.807) is 12.1 Å². The summed E-state index contributed by atoms with van der Waals surface area (Å²) in [5, 5.41) is 9.40. The lowest BCUT2D eigenvalue weighted by Crippen LogP contribution is -2.41. The number of hydrogen-bond acceptors (Lipinski definition) is 4. The van der Waals surface area contributed by atoms with Crippen LogP contribution in [0.15, 0.2) is 53.4 Å². The fourth-order valence-corrected chi connectivity index (χ4v) is 5.67. The third kappa shape index (κ3) is 4.42. The second-order valence-corrected chi connectivity index (χ2v) is 11.4. The summed E-state index contributed by atoms with van der Waals surface area (Å²) in [5.41, 5.74) is 0.584. The number of anilines is 1. The highest BCUT2D eigenvalue weighted by Crippen LogP contribution is 2.28. The van der Waals surface area contributed by atoms with E-state index in [1.807, 2.05) is 68.8 Å². The number of nitrogens with one attached hydrogen (secondary N) is 1. The van der Waals surface area contributed by atoms with Crippen LogP contribution >= 0.6 is 0 Å². The van der Waals surface area contributed by atoms with Crippen LogP contribution in [0.3, 0.4) is 0 Å². The van der Waals surface area contributed by atoms with Crippen molar-refractivity contribution in [3.8, 4) is 0 Å². The van der Waals surface area contributed by atoms with Crippen LogP contribution in [0.1, 0.15) is 39.3 Å². The van der Waals surface area contributed by atoms with Crippen molar-refractivity contribution in [2.45, 2.75) is 51.0 Å². The van der Waals surface area contributed by atoms with E-state index in [-0.39, 0.29) is 17.4 Å². The number of carbonyl (C=O) groups excluding carboxylic acids is 1. The van der Waals surface area contributed by atoms with Gasteiger partial charge in [-0.05, 0) is 63.4 Å². The summed E-state index contributed by atoms with van der Waals surface area (Å²) in [6.07, 6.45) is 0.975. The van der Waals surface area contributed by atoms with Crippen molar-refractivity contribution in [2.75, 3.05) is 18.4 Å². The van der Waals surface area contributed by atoms with Crippen molar-refractivity contribution in [2.24, 2.45) is 5.92 Å².